The summed E-state index contributed by atoms with van der Waals surface area (Å²) in [7, 11) is -1.30. The Bertz CT molecular complexity index is 466. The molecule has 0 fully saturated rings. The molecule has 0 aliphatic rings. The Kier molecular flexibility index (Phi) is 7.03. The fourth-order valence-electron chi connectivity index (χ4n) is 1.18. The molecule has 0 saturated heterocycles. The molecule has 0 saturated carbocycles. The van der Waals surface area contributed by atoms with Gasteiger partial charge in [0.15, 0.2) is 0 Å². The minimum Gasteiger partial charge on any atom is -0.394 e. The van der Waals surface area contributed by atoms with E-state index in [1.165, 1.54) is 0 Å². The second-order valence-corrected chi connectivity index (χ2v) is 10.9. The fraction of sp³-hybridized carbons (Fsp3) is 0.500. The van der Waals surface area contributed by atoms with E-state index < -0.39 is 8.07 Å². The van der Waals surface area contributed by atoms with Gasteiger partial charge in [0.25, 0.3) is 0 Å². The molecular formula is C14H21NO2SSi. The summed E-state index contributed by atoms with van der Waals surface area (Å²) in [5, 5.41) is 8.54. The Balaban J connectivity index is 2.42. The van der Waals surface area contributed by atoms with Crippen LogP contribution in [0.4, 0.5) is 0 Å². The van der Waals surface area contributed by atoms with E-state index in [0.29, 0.717) is 19.8 Å². The Morgan fingerprint density at radius 1 is 1.37 bits per heavy atom. The van der Waals surface area contributed by atoms with Gasteiger partial charge in [0, 0.05) is 11.1 Å². The number of hydrogen-bond acceptors (Lipinski definition) is 4. The first-order valence-corrected chi connectivity index (χ1v) is 10.6. The maximum Gasteiger partial charge on any atom is 0.129 e. The summed E-state index contributed by atoms with van der Waals surface area (Å²) in [5.74, 6) is 3.24. The van der Waals surface area contributed by atoms with E-state index in [1.54, 1.807) is 11.3 Å². The molecule has 0 aliphatic carbocycles. The van der Waals surface area contributed by atoms with Gasteiger partial charge >= 0.3 is 0 Å². The molecule has 1 aromatic rings. The summed E-state index contributed by atoms with van der Waals surface area (Å²) in [6.45, 7) is 8.32. The molecule has 1 N–H and O–H groups in total. The van der Waals surface area contributed by atoms with Gasteiger partial charge in [0.2, 0.25) is 0 Å². The van der Waals surface area contributed by atoms with E-state index in [2.05, 4.69) is 36.1 Å². The van der Waals surface area contributed by atoms with Crippen molar-refractivity contribution in [3.8, 4) is 11.5 Å². The van der Waals surface area contributed by atoms with Crippen LogP contribution in [0.3, 0.4) is 0 Å². The van der Waals surface area contributed by atoms with Crippen LogP contribution >= 0.6 is 11.3 Å². The van der Waals surface area contributed by atoms with Gasteiger partial charge in [0.1, 0.15) is 8.07 Å². The molecular weight excluding hydrogens is 274 g/mol. The molecule has 3 nitrogen and oxygen atoms in total. The van der Waals surface area contributed by atoms with Gasteiger partial charge in [-0.1, -0.05) is 25.6 Å². The number of hydrogen-bond donors (Lipinski definition) is 1. The molecule has 1 aromatic heterocycles. The fourth-order valence-corrected chi connectivity index (χ4v) is 2.53. The zero-order valence-electron chi connectivity index (χ0n) is 11.8. The smallest absolute Gasteiger partial charge is 0.129 e. The van der Waals surface area contributed by atoms with E-state index in [4.69, 9.17) is 9.84 Å². The third kappa shape index (κ3) is 7.96. The molecule has 1 rings (SSSR count). The summed E-state index contributed by atoms with van der Waals surface area (Å²) in [5.41, 5.74) is 3.35. The molecule has 104 valence electrons. The van der Waals surface area contributed by atoms with Crippen molar-refractivity contribution in [2.45, 2.75) is 19.6 Å². The van der Waals surface area contributed by atoms with Gasteiger partial charge < -0.3 is 9.84 Å². The summed E-state index contributed by atoms with van der Waals surface area (Å²) < 4.78 is 5.12. The van der Waals surface area contributed by atoms with Crippen LogP contribution in [-0.4, -0.2) is 45.8 Å². The van der Waals surface area contributed by atoms with Crippen molar-refractivity contribution in [2.75, 3.05) is 26.4 Å². The Morgan fingerprint density at radius 3 is 2.84 bits per heavy atom. The quantitative estimate of drug-likeness (QED) is 0.379. The number of ether oxygens (including phenoxy) is 1. The van der Waals surface area contributed by atoms with E-state index in [1.807, 2.05) is 18.3 Å². The zero-order chi connectivity index (χ0) is 14.1. The van der Waals surface area contributed by atoms with Crippen LogP contribution in [0.2, 0.25) is 19.6 Å². The normalized spacial score (nSPS) is 11.6. The van der Waals surface area contributed by atoms with Crippen LogP contribution < -0.4 is 0 Å². The third-order valence-electron chi connectivity index (χ3n) is 2.01. The van der Waals surface area contributed by atoms with E-state index in [9.17, 15) is 0 Å². The zero-order valence-corrected chi connectivity index (χ0v) is 13.6. The van der Waals surface area contributed by atoms with Crippen LogP contribution in [0.5, 0.6) is 0 Å². The van der Waals surface area contributed by atoms with Crippen molar-refractivity contribution < 1.29 is 9.84 Å². The van der Waals surface area contributed by atoms with Crippen LogP contribution in [0.15, 0.2) is 17.1 Å². The molecule has 5 heteroatoms. The average molecular weight is 295 g/mol. The highest BCUT2D eigenvalue weighted by atomic mass is 32.1. The van der Waals surface area contributed by atoms with Gasteiger partial charge in [-0.2, -0.15) is 0 Å². The molecule has 0 bridgehead atoms. The summed E-state index contributed by atoms with van der Waals surface area (Å²) in [4.78, 5) is 6.49. The molecule has 0 aliphatic heterocycles. The summed E-state index contributed by atoms with van der Waals surface area (Å²) in [6, 6.07) is 4.08. The first-order valence-electron chi connectivity index (χ1n) is 6.33. The van der Waals surface area contributed by atoms with Crippen molar-refractivity contribution >= 4 is 25.6 Å². The summed E-state index contributed by atoms with van der Waals surface area (Å²) >= 11 is 1.66. The lowest BCUT2D eigenvalue weighted by molar-refractivity contribution is 0.0978. The third-order valence-corrected chi connectivity index (χ3v) is 3.82. The molecule has 0 spiro atoms. The van der Waals surface area contributed by atoms with Crippen LogP contribution in [-0.2, 0) is 4.74 Å². The molecule has 0 radical (unpaired) electrons. The van der Waals surface area contributed by atoms with Gasteiger partial charge in [-0.05, 0) is 12.1 Å². The molecule has 1 heterocycles. The Hall–Kier alpha value is -0.933. The highest BCUT2D eigenvalue weighted by molar-refractivity contribution is 7.14. The van der Waals surface area contributed by atoms with E-state index >= 15 is 0 Å². The van der Waals surface area contributed by atoms with E-state index in [-0.39, 0.29) is 6.61 Å². The molecule has 0 unspecified atom stereocenters. The lowest BCUT2D eigenvalue weighted by atomic mass is 10.4. The highest BCUT2D eigenvalue weighted by Gasteiger charge is 2.07. The molecule has 0 atom stereocenters. The molecule has 0 aromatic carbocycles. The standard InChI is InChI=1S/C14H21NO2SSi/c1-19(2,3)11-6-13-4-5-14(18-13)12-15-7-9-17-10-8-16/h4-5,12,16H,7-10H2,1-3H3/b15-12+. The van der Waals surface area contributed by atoms with Crippen molar-refractivity contribution in [1.82, 2.24) is 0 Å². The maximum atomic E-state index is 8.54. The number of aliphatic hydroxyl groups excluding tert-OH is 1. The monoisotopic (exact) mass is 295 g/mol. The van der Waals surface area contributed by atoms with E-state index in [0.717, 1.165) is 9.75 Å². The topological polar surface area (TPSA) is 41.8 Å². The van der Waals surface area contributed by atoms with Crippen molar-refractivity contribution in [3.63, 3.8) is 0 Å². The van der Waals surface area contributed by atoms with Crippen molar-refractivity contribution in [3.05, 3.63) is 21.9 Å². The van der Waals surface area contributed by atoms with Gasteiger partial charge in [-0.3, -0.25) is 4.99 Å². The van der Waals surface area contributed by atoms with Crippen molar-refractivity contribution in [2.24, 2.45) is 4.99 Å². The Morgan fingerprint density at radius 2 is 2.16 bits per heavy atom. The van der Waals surface area contributed by atoms with Crippen molar-refractivity contribution in [1.29, 1.82) is 0 Å². The second-order valence-electron chi connectivity index (χ2n) is 5.07. The minimum atomic E-state index is -1.30. The maximum absolute atomic E-state index is 8.54. The number of aliphatic imine (C=N–C) groups is 1. The van der Waals surface area contributed by atoms with Gasteiger partial charge in [-0.25, -0.2) is 0 Å². The van der Waals surface area contributed by atoms with Gasteiger partial charge in [0.05, 0.1) is 31.2 Å². The number of aliphatic hydroxyl groups is 1. The predicted molar refractivity (Wildman–Crippen MR) is 84.9 cm³/mol. The van der Waals surface area contributed by atoms with Crippen LogP contribution in [0, 0.1) is 11.5 Å². The SMILES string of the molecule is C[Si](C)(C)C#Cc1ccc(/C=N/CCOCCO)s1. The number of thiophene rings is 1. The first kappa shape index (κ1) is 16.1. The molecule has 0 amide bonds. The first-order chi connectivity index (χ1) is 9.01. The van der Waals surface area contributed by atoms with Crippen LogP contribution in [0.1, 0.15) is 9.75 Å². The van der Waals surface area contributed by atoms with Crippen LogP contribution in [0.25, 0.3) is 0 Å². The minimum absolute atomic E-state index is 0.0633. The number of nitrogens with zero attached hydrogens (tertiary/aromatic N) is 1. The second kappa shape index (κ2) is 8.28. The predicted octanol–water partition coefficient (Wildman–Crippen LogP) is 2.40. The largest absolute Gasteiger partial charge is 0.394 e. The average Bonchev–Trinajstić information content (AvgIpc) is 2.78. The van der Waals surface area contributed by atoms with Gasteiger partial charge in [-0.15, -0.1) is 16.9 Å². The lowest BCUT2D eigenvalue weighted by Crippen LogP contribution is -2.16. The summed E-state index contributed by atoms with van der Waals surface area (Å²) in [6.07, 6.45) is 1.85. The number of rotatable bonds is 6. The Labute approximate surface area is 120 Å². The highest BCUT2D eigenvalue weighted by Crippen LogP contribution is 2.13. The molecule has 19 heavy (non-hydrogen) atoms. The lowest BCUT2D eigenvalue weighted by Gasteiger charge is -2.02.